The molecule has 2 amide bonds. The van der Waals surface area contributed by atoms with Crippen LogP contribution in [-0.2, 0) is 14.7 Å². The van der Waals surface area contributed by atoms with Gasteiger partial charge in [-0.1, -0.05) is 0 Å². The van der Waals surface area contributed by atoms with Crippen molar-refractivity contribution >= 4 is 16.4 Å². The number of urea groups is 1. The van der Waals surface area contributed by atoms with Gasteiger partial charge in [-0.2, -0.15) is 9.35 Å². The van der Waals surface area contributed by atoms with Gasteiger partial charge in [0.05, 0.1) is 6.04 Å². The molecule has 0 radical (unpaired) electrons. The molecule has 2 aliphatic rings. The minimum Gasteiger partial charge on any atom is -0.724 e. The summed E-state index contributed by atoms with van der Waals surface area (Å²) >= 11 is 0. The van der Waals surface area contributed by atoms with Crippen LogP contribution in [0.25, 0.3) is 0 Å². The van der Waals surface area contributed by atoms with Gasteiger partial charge >= 0.3 is 35.6 Å². The van der Waals surface area contributed by atoms with E-state index < -0.39 is 28.5 Å². The number of aromatic nitrogens is 2. The molecule has 3 heterocycles. The van der Waals surface area contributed by atoms with Crippen LogP contribution in [0.4, 0.5) is 4.79 Å². The Balaban J connectivity index is 0.00000161. The van der Waals surface area contributed by atoms with E-state index in [9.17, 15) is 17.8 Å². The molecule has 0 N–H and O–H groups in total. The Bertz CT molecular complexity index is 648. The summed E-state index contributed by atoms with van der Waals surface area (Å²) in [7, 11) is -4.98. The molecular weight excluding hydrogens is 315 g/mol. The number of amides is 2. The second kappa shape index (κ2) is 5.82. The van der Waals surface area contributed by atoms with Gasteiger partial charge in [-0.15, -0.1) is 10.2 Å². The topological polar surface area (TPSA) is 129 Å². The Morgan fingerprint density at radius 1 is 1.38 bits per heavy atom. The van der Waals surface area contributed by atoms with Crippen molar-refractivity contribution < 1.29 is 56.0 Å². The van der Waals surface area contributed by atoms with Crippen LogP contribution in [0.2, 0.25) is 0 Å². The van der Waals surface area contributed by atoms with Crippen molar-refractivity contribution in [3.63, 3.8) is 0 Å². The van der Waals surface area contributed by atoms with Crippen LogP contribution in [0.5, 0.6) is 0 Å². The van der Waals surface area contributed by atoms with Crippen LogP contribution < -0.4 is 29.6 Å². The Morgan fingerprint density at radius 2 is 2.10 bits per heavy atom. The molecule has 10 nitrogen and oxygen atoms in total. The van der Waals surface area contributed by atoms with Crippen molar-refractivity contribution in [1.82, 2.24) is 20.2 Å². The third kappa shape index (κ3) is 3.22. The van der Waals surface area contributed by atoms with Crippen LogP contribution in [0.1, 0.15) is 30.7 Å². The molecule has 0 spiro atoms. The summed E-state index contributed by atoms with van der Waals surface area (Å²) in [6.07, 6.45) is 1.00. The maximum Gasteiger partial charge on any atom is 1.00 e. The van der Waals surface area contributed by atoms with Crippen molar-refractivity contribution in [2.24, 2.45) is 0 Å². The van der Waals surface area contributed by atoms with Crippen molar-refractivity contribution in [2.75, 3.05) is 6.54 Å². The number of carbonyl (C=O) groups is 1. The number of hydrogen-bond donors (Lipinski definition) is 0. The monoisotopic (exact) mass is 326 g/mol. The largest absolute Gasteiger partial charge is 1.00 e. The smallest absolute Gasteiger partial charge is 0.724 e. The average molecular weight is 326 g/mol. The maximum atomic E-state index is 12.1. The summed E-state index contributed by atoms with van der Waals surface area (Å²) in [5.74, 6) is 0.671. The molecule has 2 atom stereocenters. The fourth-order valence-electron chi connectivity index (χ4n) is 2.53. The predicted molar refractivity (Wildman–Crippen MR) is 59.5 cm³/mol. The minimum absolute atomic E-state index is 0. The maximum absolute atomic E-state index is 12.1. The molecule has 1 aromatic heterocycles. The van der Waals surface area contributed by atoms with E-state index in [1.165, 1.54) is 4.90 Å². The zero-order valence-electron chi connectivity index (χ0n) is 11.4. The van der Waals surface area contributed by atoms with E-state index in [0.29, 0.717) is 29.7 Å². The molecule has 21 heavy (non-hydrogen) atoms. The van der Waals surface area contributed by atoms with Crippen LogP contribution in [0, 0.1) is 6.92 Å². The zero-order valence-corrected chi connectivity index (χ0v) is 14.2. The Morgan fingerprint density at radius 3 is 2.67 bits per heavy atom. The van der Waals surface area contributed by atoms with Crippen molar-refractivity contribution in [3.8, 4) is 0 Å². The third-order valence-corrected chi connectivity index (χ3v) is 3.66. The Hall–Kier alpha value is -0.720. The van der Waals surface area contributed by atoms with Gasteiger partial charge in [0.1, 0.15) is 6.04 Å². The summed E-state index contributed by atoms with van der Waals surface area (Å²) < 4.78 is 41.4. The molecule has 0 saturated carbocycles. The van der Waals surface area contributed by atoms with Gasteiger partial charge in [-0.3, -0.25) is 0 Å². The van der Waals surface area contributed by atoms with Crippen molar-refractivity contribution in [2.45, 2.75) is 31.8 Å². The van der Waals surface area contributed by atoms with Crippen molar-refractivity contribution in [1.29, 1.82) is 0 Å². The molecule has 0 aliphatic carbocycles. The van der Waals surface area contributed by atoms with Gasteiger partial charge in [-0.25, -0.2) is 13.2 Å². The molecule has 2 saturated heterocycles. The number of hydroxylamine groups is 2. The summed E-state index contributed by atoms with van der Waals surface area (Å²) in [6, 6.07) is -1.58. The van der Waals surface area contributed by atoms with E-state index in [4.69, 9.17) is 4.42 Å². The molecule has 0 aromatic carbocycles. The molecule has 0 unspecified atom stereocenters. The minimum atomic E-state index is -4.98. The zero-order chi connectivity index (χ0) is 14.5. The van der Waals surface area contributed by atoms with E-state index in [-0.39, 0.29) is 36.1 Å². The molecule has 2 fully saturated rings. The number of hydrogen-bond acceptors (Lipinski definition) is 8. The first-order valence-electron chi connectivity index (χ1n) is 5.90. The fourth-order valence-corrected chi connectivity index (χ4v) is 2.91. The molecule has 110 valence electrons. The van der Waals surface area contributed by atoms with Gasteiger partial charge in [0.2, 0.25) is 22.2 Å². The van der Waals surface area contributed by atoms with E-state index in [0.717, 1.165) is 0 Å². The van der Waals surface area contributed by atoms with Gasteiger partial charge < -0.3 is 13.9 Å². The van der Waals surface area contributed by atoms with Crippen LogP contribution in [-0.4, -0.2) is 51.7 Å². The van der Waals surface area contributed by atoms with E-state index in [2.05, 4.69) is 14.5 Å². The Kier molecular flexibility index (Phi) is 4.61. The second-order valence-electron chi connectivity index (χ2n) is 4.65. The summed E-state index contributed by atoms with van der Waals surface area (Å²) in [5, 5.41) is 8.19. The fraction of sp³-hybridized carbons (Fsp3) is 0.667. The molecular formula is C9H11N4NaO6S. The van der Waals surface area contributed by atoms with Crippen LogP contribution >= 0.6 is 0 Å². The molecule has 2 bridgehead atoms. The number of fused-ring (bicyclic) bond motifs is 2. The Labute approximate surface area is 142 Å². The van der Waals surface area contributed by atoms with Gasteiger partial charge in [0.25, 0.3) is 0 Å². The van der Waals surface area contributed by atoms with Gasteiger partial charge in [0, 0.05) is 13.5 Å². The predicted octanol–water partition coefficient (Wildman–Crippen LogP) is -3.29. The number of nitrogens with zero attached hydrogens (tertiary/aromatic N) is 4. The summed E-state index contributed by atoms with van der Waals surface area (Å²) in [5.41, 5.74) is 0. The van der Waals surface area contributed by atoms with E-state index in [1.807, 2.05) is 0 Å². The average Bonchev–Trinajstić information content (AvgIpc) is 2.88. The molecule has 1 aromatic rings. The van der Waals surface area contributed by atoms with Crippen LogP contribution in [0.15, 0.2) is 4.42 Å². The van der Waals surface area contributed by atoms with Gasteiger partial charge in [0.15, 0.2) is 0 Å². The number of carbonyl (C=O) groups excluding carboxylic acids is 1. The number of rotatable bonds is 3. The SMILES string of the molecule is Cc1nnc([C@@H]2CC[C@@H]3CN2C(=O)N3OS(=O)(=O)[O-])o1.[Na+]. The number of aryl methyl sites for hydroxylation is 1. The normalized spacial score (nSPS) is 25.1. The second-order valence-corrected chi connectivity index (χ2v) is 5.62. The van der Waals surface area contributed by atoms with Crippen molar-refractivity contribution in [3.05, 3.63) is 11.8 Å². The first kappa shape index (κ1) is 16.6. The van der Waals surface area contributed by atoms with Crippen LogP contribution in [0.3, 0.4) is 0 Å². The quantitative estimate of drug-likeness (QED) is 0.321. The summed E-state index contributed by atoms with van der Waals surface area (Å²) in [4.78, 5) is 13.5. The molecule has 3 rings (SSSR count). The molecule has 12 heteroatoms. The standard InChI is InChI=1S/C9H12N4O6S.Na/c1-5-10-11-8(18-5)7-3-2-6-4-12(7)9(14)13(6)19-20(15,16)17;/h6-7H,2-4H2,1H3,(H,15,16,17);/q;+1/p-1/t6-,7+;/m1./s1. The van der Waals surface area contributed by atoms with E-state index in [1.54, 1.807) is 6.92 Å². The first-order valence-corrected chi connectivity index (χ1v) is 7.24. The van der Waals surface area contributed by atoms with Gasteiger partial charge in [-0.05, 0) is 12.8 Å². The summed E-state index contributed by atoms with van der Waals surface area (Å²) in [6.45, 7) is 1.88. The molecule has 2 aliphatic heterocycles. The third-order valence-electron chi connectivity index (χ3n) is 3.32. The number of piperidine rings is 1. The van der Waals surface area contributed by atoms with E-state index >= 15 is 0 Å². The first-order chi connectivity index (χ1) is 9.35.